The van der Waals surface area contributed by atoms with E-state index in [9.17, 15) is 14.9 Å². The SMILES string of the molecule is CCCCn1c(N2CC(C)CC(C)C2)c(C=C2SC(=S)N(Cc3ccccc3)C2=O)c(C)c(C#N)c1=O. The summed E-state index contributed by atoms with van der Waals surface area (Å²) in [6, 6.07) is 11.9. The van der Waals surface area contributed by atoms with Crippen molar-refractivity contribution in [2.75, 3.05) is 18.0 Å². The Labute approximate surface area is 229 Å². The second-order valence-electron chi connectivity index (χ2n) is 10.3. The summed E-state index contributed by atoms with van der Waals surface area (Å²) in [5.41, 5.74) is 2.29. The molecule has 2 aliphatic rings. The predicted octanol–water partition coefficient (Wildman–Crippen LogP) is 5.71. The number of aromatic nitrogens is 1. The van der Waals surface area contributed by atoms with Crippen LogP contribution in [0, 0.1) is 30.1 Å². The van der Waals surface area contributed by atoms with Crippen LogP contribution in [-0.4, -0.2) is 32.8 Å². The zero-order valence-electron chi connectivity index (χ0n) is 22.0. The summed E-state index contributed by atoms with van der Waals surface area (Å²) in [5, 5.41) is 9.92. The van der Waals surface area contributed by atoms with Gasteiger partial charge in [-0.15, -0.1) is 0 Å². The van der Waals surface area contributed by atoms with Crippen LogP contribution in [0.1, 0.15) is 62.3 Å². The van der Waals surface area contributed by atoms with Crippen molar-refractivity contribution < 1.29 is 4.79 Å². The van der Waals surface area contributed by atoms with Gasteiger partial charge in [0, 0.05) is 25.2 Å². The van der Waals surface area contributed by atoms with E-state index in [4.69, 9.17) is 12.2 Å². The molecule has 1 aromatic carbocycles. The number of benzene rings is 1. The number of piperidine rings is 1. The summed E-state index contributed by atoms with van der Waals surface area (Å²) in [4.78, 5) is 31.5. The number of hydrogen-bond donors (Lipinski definition) is 0. The van der Waals surface area contributed by atoms with Crippen LogP contribution < -0.4 is 10.5 Å². The van der Waals surface area contributed by atoms with Gasteiger partial charge in [-0.05, 0) is 48.8 Å². The molecule has 0 radical (unpaired) electrons. The number of carbonyl (C=O) groups is 1. The average molecular weight is 535 g/mol. The normalized spacial score (nSPS) is 21.1. The topological polar surface area (TPSA) is 69.3 Å². The molecule has 0 aliphatic carbocycles. The van der Waals surface area contributed by atoms with Crippen LogP contribution in [0.2, 0.25) is 0 Å². The van der Waals surface area contributed by atoms with Crippen LogP contribution in [0.5, 0.6) is 0 Å². The number of pyridine rings is 1. The summed E-state index contributed by atoms with van der Waals surface area (Å²) in [5.74, 6) is 1.63. The van der Waals surface area contributed by atoms with Crippen LogP contribution in [-0.2, 0) is 17.9 Å². The Balaban J connectivity index is 1.85. The molecule has 0 saturated carbocycles. The third-order valence-corrected chi connectivity index (χ3v) is 8.46. The van der Waals surface area contributed by atoms with Crippen molar-refractivity contribution in [3.63, 3.8) is 0 Å². The van der Waals surface area contributed by atoms with Crippen molar-refractivity contribution in [3.05, 3.63) is 67.8 Å². The van der Waals surface area contributed by atoms with Crippen LogP contribution >= 0.6 is 24.0 Å². The molecule has 2 aliphatic heterocycles. The number of nitrogens with zero attached hydrogens (tertiary/aromatic N) is 4. The number of anilines is 1. The number of thioether (sulfide) groups is 1. The number of amides is 1. The molecule has 37 heavy (non-hydrogen) atoms. The first-order valence-electron chi connectivity index (χ1n) is 13.0. The molecule has 8 heteroatoms. The molecule has 2 aromatic rings. The van der Waals surface area contributed by atoms with Crippen LogP contribution in [0.25, 0.3) is 6.08 Å². The molecule has 2 saturated heterocycles. The fourth-order valence-electron chi connectivity index (χ4n) is 5.38. The highest BCUT2D eigenvalue weighted by molar-refractivity contribution is 8.26. The van der Waals surface area contributed by atoms with Crippen molar-refractivity contribution >= 4 is 46.1 Å². The highest BCUT2D eigenvalue weighted by Crippen LogP contribution is 2.38. The Bertz CT molecular complexity index is 1320. The minimum Gasteiger partial charge on any atom is -0.357 e. The molecule has 2 atom stereocenters. The monoisotopic (exact) mass is 534 g/mol. The maximum absolute atomic E-state index is 13.5. The fourth-order valence-corrected chi connectivity index (χ4v) is 6.61. The molecular weight excluding hydrogens is 500 g/mol. The molecular formula is C29H34N4O2S2. The predicted molar refractivity (Wildman–Crippen MR) is 155 cm³/mol. The summed E-state index contributed by atoms with van der Waals surface area (Å²) < 4.78 is 2.29. The summed E-state index contributed by atoms with van der Waals surface area (Å²) in [6.45, 7) is 11.0. The highest BCUT2D eigenvalue weighted by Gasteiger charge is 2.34. The lowest BCUT2D eigenvalue weighted by Gasteiger charge is -2.39. The maximum Gasteiger partial charge on any atom is 0.270 e. The van der Waals surface area contributed by atoms with Gasteiger partial charge in [-0.1, -0.05) is 81.5 Å². The van der Waals surface area contributed by atoms with E-state index in [0.29, 0.717) is 39.7 Å². The van der Waals surface area contributed by atoms with E-state index in [1.165, 1.54) is 11.8 Å². The standard InChI is InChI=1S/C29H34N4O2S2/c1-5-6-12-32-26(31-16-19(2)13-20(3)17-31)23(21(4)24(15-30)27(32)34)14-25-28(35)33(29(36)37-25)18-22-10-8-7-9-11-22/h7-11,14,19-20H,5-6,12-13,16-18H2,1-4H3. The molecule has 194 valence electrons. The summed E-state index contributed by atoms with van der Waals surface area (Å²) in [7, 11) is 0. The van der Waals surface area contributed by atoms with Gasteiger partial charge in [0.1, 0.15) is 21.8 Å². The summed E-state index contributed by atoms with van der Waals surface area (Å²) >= 11 is 6.88. The van der Waals surface area contributed by atoms with Crippen LogP contribution in [0.3, 0.4) is 0 Å². The molecule has 1 aromatic heterocycles. The van der Waals surface area contributed by atoms with E-state index in [0.717, 1.165) is 49.3 Å². The minimum atomic E-state index is -0.247. The minimum absolute atomic E-state index is 0.143. The summed E-state index contributed by atoms with van der Waals surface area (Å²) in [6.07, 6.45) is 4.76. The Morgan fingerprint density at radius 3 is 2.46 bits per heavy atom. The smallest absolute Gasteiger partial charge is 0.270 e. The second kappa shape index (κ2) is 11.7. The number of carbonyl (C=O) groups excluding carboxylic acids is 1. The molecule has 2 unspecified atom stereocenters. The van der Waals surface area contributed by atoms with Crippen molar-refractivity contribution in [1.29, 1.82) is 5.26 Å². The maximum atomic E-state index is 13.5. The van der Waals surface area contributed by atoms with E-state index < -0.39 is 0 Å². The number of unbranched alkanes of at least 4 members (excludes halogenated alkanes) is 1. The lowest BCUT2D eigenvalue weighted by molar-refractivity contribution is -0.122. The third kappa shape index (κ3) is 5.68. The van der Waals surface area contributed by atoms with Gasteiger partial charge in [0.2, 0.25) is 0 Å². The fraction of sp³-hybridized carbons (Fsp3) is 0.448. The van der Waals surface area contributed by atoms with Crippen molar-refractivity contribution in [1.82, 2.24) is 9.47 Å². The Morgan fingerprint density at radius 1 is 1.16 bits per heavy atom. The number of nitriles is 1. The number of thiocarbonyl (C=S) groups is 1. The van der Waals surface area contributed by atoms with Gasteiger partial charge < -0.3 is 4.90 Å². The second-order valence-corrected chi connectivity index (χ2v) is 11.9. The van der Waals surface area contributed by atoms with E-state index in [2.05, 4.69) is 31.7 Å². The Hall–Kier alpha value is -2.89. The van der Waals surface area contributed by atoms with Gasteiger partial charge in [0.05, 0.1) is 11.4 Å². The zero-order chi connectivity index (χ0) is 26.7. The lowest BCUT2D eigenvalue weighted by atomic mass is 9.91. The van der Waals surface area contributed by atoms with Crippen molar-refractivity contribution in [2.45, 2.75) is 60.0 Å². The quantitative estimate of drug-likeness (QED) is 0.335. The highest BCUT2D eigenvalue weighted by atomic mass is 32.2. The molecule has 2 fully saturated rings. The molecule has 4 rings (SSSR count). The van der Waals surface area contributed by atoms with Crippen molar-refractivity contribution in [2.24, 2.45) is 11.8 Å². The first kappa shape index (κ1) is 27.2. The van der Waals surface area contributed by atoms with E-state index in [-0.39, 0.29) is 17.0 Å². The molecule has 3 heterocycles. The Kier molecular flexibility index (Phi) is 8.56. The molecule has 1 amide bonds. The molecule has 0 N–H and O–H groups in total. The van der Waals surface area contributed by atoms with Gasteiger partial charge in [0.25, 0.3) is 11.5 Å². The number of rotatable bonds is 7. The first-order valence-corrected chi connectivity index (χ1v) is 14.2. The first-order chi connectivity index (χ1) is 17.7. The van der Waals surface area contributed by atoms with Gasteiger partial charge in [-0.25, -0.2) is 0 Å². The largest absolute Gasteiger partial charge is 0.357 e. The van der Waals surface area contributed by atoms with Gasteiger partial charge in [0.15, 0.2) is 0 Å². The third-order valence-electron chi connectivity index (χ3n) is 7.08. The lowest BCUT2D eigenvalue weighted by Crippen LogP contribution is -2.43. The van der Waals surface area contributed by atoms with Gasteiger partial charge in [-0.3, -0.25) is 19.1 Å². The molecule has 0 bridgehead atoms. The zero-order valence-corrected chi connectivity index (χ0v) is 23.6. The van der Waals surface area contributed by atoms with E-state index in [1.807, 2.05) is 43.3 Å². The van der Waals surface area contributed by atoms with Crippen LogP contribution in [0.4, 0.5) is 5.82 Å². The van der Waals surface area contributed by atoms with E-state index in [1.54, 1.807) is 9.47 Å². The Morgan fingerprint density at radius 2 is 1.84 bits per heavy atom. The van der Waals surface area contributed by atoms with Crippen molar-refractivity contribution in [3.8, 4) is 6.07 Å². The van der Waals surface area contributed by atoms with Gasteiger partial charge >= 0.3 is 0 Å². The number of hydrogen-bond acceptors (Lipinski definition) is 6. The van der Waals surface area contributed by atoms with Crippen LogP contribution in [0.15, 0.2) is 40.0 Å². The average Bonchev–Trinajstić information content (AvgIpc) is 3.12. The van der Waals surface area contributed by atoms with E-state index >= 15 is 0 Å². The molecule has 6 nitrogen and oxygen atoms in total. The van der Waals surface area contributed by atoms with Gasteiger partial charge in [-0.2, -0.15) is 5.26 Å². The molecule has 0 spiro atoms.